The van der Waals surface area contributed by atoms with Crippen LogP contribution >= 0.6 is 11.8 Å². The van der Waals surface area contributed by atoms with Crippen molar-refractivity contribution in [2.24, 2.45) is 0 Å². The zero-order valence-electron chi connectivity index (χ0n) is 13.7. The summed E-state index contributed by atoms with van der Waals surface area (Å²) >= 11 is 1.64. The second-order valence-corrected chi connectivity index (χ2v) is 6.57. The monoisotopic (exact) mass is 341 g/mol. The van der Waals surface area contributed by atoms with Crippen molar-refractivity contribution in [1.82, 2.24) is 14.8 Å². The van der Waals surface area contributed by atoms with Gasteiger partial charge in [-0.1, -0.05) is 61.2 Å². The van der Waals surface area contributed by atoms with Gasteiger partial charge in [0.05, 0.1) is 0 Å². The molecule has 0 fully saturated rings. The van der Waals surface area contributed by atoms with E-state index in [4.69, 9.17) is 0 Å². The lowest BCUT2D eigenvalue weighted by atomic mass is 10.1. The van der Waals surface area contributed by atoms with Gasteiger partial charge in [-0.2, -0.15) is 0 Å². The summed E-state index contributed by atoms with van der Waals surface area (Å²) in [6.45, 7) is 3.06. The molecule has 0 spiro atoms. The van der Waals surface area contributed by atoms with E-state index in [1.807, 2.05) is 30.3 Å². The summed E-state index contributed by atoms with van der Waals surface area (Å²) in [7, 11) is 0. The van der Waals surface area contributed by atoms with Crippen molar-refractivity contribution >= 4 is 11.8 Å². The van der Waals surface area contributed by atoms with E-state index in [0.29, 0.717) is 0 Å². The normalized spacial score (nSPS) is 10.9. The molecular weight excluding hydrogens is 321 g/mol. The first-order valence-corrected chi connectivity index (χ1v) is 9.08. The molecule has 0 amide bonds. The van der Waals surface area contributed by atoms with Crippen LogP contribution in [-0.4, -0.2) is 14.8 Å². The lowest BCUT2D eigenvalue weighted by Gasteiger charge is -2.09. The van der Waals surface area contributed by atoms with Crippen LogP contribution in [0.3, 0.4) is 0 Å². The topological polar surface area (TPSA) is 30.7 Å². The Morgan fingerprint density at radius 3 is 2.42 bits per heavy atom. The van der Waals surface area contributed by atoms with Crippen molar-refractivity contribution < 1.29 is 4.39 Å². The third-order valence-electron chi connectivity index (χ3n) is 3.73. The van der Waals surface area contributed by atoms with Crippen molar-refractivity contribution in [3.8, 4) is 0 Å². The molecule has 0 saturated heterocycles. The summed E-state index contributed by atoms with van der Waals surface area (Å²) < 4.78 is 15.2. The van der Waals surface area contributed by atoms with Crippen molar-refractivity contribution in [1.29, 1.82) is 0 Å². The van der Waals surface area contributed by atoms with Gasteiger partial charge in [0.15, 0.2) is 5.16 Å². The number of nitrogens with zero attached hydrogens (tertiary/aromatic N) is 3. The second kappa shape index (κ2) is 8.11. The number of rotatable bonds is 7. The summed E-state index contributed by atoms with van der Waals surface area (Å²) in [5.74, 6) is 1.54. The fraction of sp³-hybridized carbons (Fsp3) is 0.263. The predicted octanol–water partition coefficient (Wildman–Crippen LogP) is 4.71. The van der Waals surface area contributed by atoms with Crippen molar-refractivity contribution in [2.45, 2.75) is 37.2 Å². The smallest absolute Gasteiger partial charge is 0.191 e. The average molecular weight is 341 g/mol. The van der Waals surface area contributed by atoms with Gasteiger partial charge in [-0.05, 0) is 29.7 Å². The van der Waals surface area contributed by atoms with Gasteiger partial charge in [-0.15, -0.1) is 10.2 Å². The number of hydrogen-bond acceptors (Lipinski definition) is 3. The molecule has 1 aromatic heterocycles. The van der Waals surface area contributed by atoms with E-state index in [9.17, 15) is 4.39 Å². The molecule has 3 rings (SSSR count). The van der Waals surface area contributed by atoms with E-state index in [1.165, 1.54) is 17.7 Å². The maximum atomic E-state index is 13.0. The van der Waals surface area contributed by atoms with Crippen LogP contribution in [0.4, 0.5) is 4.39 Å². The second-order valence-electron chi connectivity index (χ2n) is 5.63. The van der Waals surface area contributed by atoms with Gasteiger partial charge in [0.1, 0.15) is 11.6 Å². The molecule has 5 heteroatoms. The highest BCUT2D eigenvalue weighted by molar-refractivity contribution is 7.98. The van der Waals surface area contributed by atoms with E-state index in [1.54, 1.807) is 11.8 Å². The number of hydrogen-bond donors (Lipinski definition) is 0. The predicted molar refractivity (Wildman–Crippen MR) is 95.5 cm³/mol. The highest BCUT2D eigenvalue weighted by Crippen LogP contribution is 2.23. The third kappa shape index (κ3) is 4.23. The molecule has 0 radical (unpaired) electrons. The van der Waals surface area contributed by atoms with Crippen LogP contribution in [0.2, 0.25) is 0 Å². The molecule has 0 aliphatic rings. The molecule has 1 heterocycles. The molecule has 2 aromatic carbocycles. The molecule has 0 atom stereocenters. The molecule has 3 nitrogen and oxygen atoms in total. The largest absolute Gasteiger partial charge is 0.306 e. The Morgan fingerprint density at radius 1 is 0.958 bits per heavy atom. The molecule has 3 aromatic rings. The standard InChI is InChI=1S/C19H20FN3S/c1-2-12-23-18(13-15-6-4-3-5-7-15)21-22-19(23)24-14-16-8-10-17(20)11-9-16/h3-11H,2,12-14H2,1H3. The first kappa shape index (κ1) is 16.7. The first-order valence-electron chi connectivity index (χ1n) is 8.09. The Balaban J connectivity index is 1.74. The highest BCUT2D eigenvalue weighted by atomic mass is 32.2. The highest BCUT2D eigenvalue weighted by Gasteiger charge is 2.12. The van der Waals surface area contributed by atoms with Gasteiger partial charge < -0.3 is 4.57 Å². The number of benzene rings is 2. The average Bonchev–Trinajstić information content (AvgIpc) is 2.98. The Hall–Kier alpha value is -2.14. The molecule has 0 bridgehead atoms. The molecule has 0 aliphatic carbocycles. The van der Waals surface area contributed by atoms with Gasteiger partial charge in [0, 0.05) is 18.7 Å². The Labute approximate surface area is 145 Å². The minimum absolute atomic E-state index is 0.206. The van der Waals surface area contributed by atoms with Gasteiger partial charge in [-0.25, -0.2) is 4.39 Å². The van der Waals surface area contributed by atoms with Gasteiger partial charge in [0.2, 0.25) is 0 Å². The maximum Gasteiger partial charge on any atom is 0.191 e. The van der Waals surface area contributed by atoms with Crippen molar-refractivity contribution in [2.75, 3.05) is 0 Å². The fourth-order valence-corrected chi connectivity index (χ4v) is 3.45. The van der Waals surface area contributed by atoms with Gasteiger partial charge >= 0.3 is 0 Å². The lowest BCUT2D eigenvalue weighted by Crippen LogP contribution is -2.05. The molecular formula is C19H20FN3S. The third-order valence-corrected chi connectivity index (χ3v) is 4.76. The fourth-order valence-electron chi connectivity index (χ4n) is 2.51. The van der Waals surface area contributed by atoms with E-state index >= 15 is 0 Å². The summed E-state index contributed by atoms with van der Waals surface area (Å²) in [5, 5.41) is 9.68. The van der Waals surface area contributed by atoms with Crippen LogP contribution in [-0.2, 0) is 18.7 Å². The minimum Gasteiger partial charge on any atom is -0.306 e. The molecule has 0 saturated carbocycles. The molecule has 124 valence electrons. The summed E-state index contributed by atoms with van der Waals surface area (Å²) in [4.78, 5) is 0. The van der Waals surface area contributed by atoms with Crippen molar-refractivity contribution in [3.63, 3.8) is 0 Å². The van der Waals surface area contributed by atoms with Crippen LogP contribution in [0.1, 0.15) is 30.3 Å². The summed E-state index contributed by atoms with van der Waals surface area (Å²) in [6.07, 6.45) is 1.81. The minimum atomic E-state index is -0.206. The first-order chi connectivity index (χ1) is 11.8. The molecule has 0 N–H and O–H groups in total. The quantitative estimate of drug-likeness (QED) is 0.583. The molecule has 0 aliphatic heterocycles. The SMILES string of the molecule is CCCn1c(Cc2ccccc2)nnc1SCc1ccc(F)cc1. The van der Waals surface area contributed by atoms with E-state index in [-0.39, 0.29) is 5.82 Å². The Bertz CT molecular complexity index is 769. The number of aromatic nitrogens is 3. The summed E-state index contributed by atoms with van der Waals surface area (Å²) in [5.41, 5.74) is 2.31. The number of thioether (sulfide) groups is 1. The van der Waals surface area contributed by atoms with Gasteiger partial charge in [-0.3, -0.25) is 0 Å². The van der Waals surface area contributed by atoms with Gasteiger partial charge in [0.25, 0.3) is 0 Å². The van der Waals surface area contributed by atoms with E-state index in [0.717, 1.165) is 41.7 Å². The zero-order valence-corrected chi connectivity index (χ0v) is 14.5. The zero-order chi connectivity index (χ0) is 16.8. The Kier molecular flexibility index (Phi) is 5.64. The Morgan fingerprint density at radius 2 is 1.71 bits per heavy atom. The lowest BCUT2D eigenvalue weighted by molar-refractivity contribution is 0.598. The number of halogens is 1. The summed E-state index contributed by atoms with van der Waals surface area (Å²) in [6, 6.07) is 16.9. The van der Waals surface area contributed by atoms with Crippen molar-refractivity contribution in [3.05, 3.63) is 77.4 Å². The molecule has 24 heavy (non-hydrogen) atoms. The van der Waals surface area contributed by atoms with Crippen LogP contribution in [0.25, 0.3) is 0 Å². The van der Waals surface area contributed by atoms with Crippen LogP contribution in [0, 0.1) is 5.82 Å². The van der Waals surface area contributed by atoms with Crippen LogP contribution in [0.15, 0.2) is 59.8 Å². The molecule has 0 unspecified atom stereocenters. The van der Waals surface area contributed by atoms with Crippen LogP contribution in [0.5, 0.6) is 0 Å². The van der Waals surface area contributed by atoms with Crippen LogP contribution < -0.4 is 0 Å². The van der Waals surface area contributed by atoms with E-state index < -0.39 is 0 Å². The van der Waals surface area contributed by atoms with E-state index in [2.05, 4.69) is 33.8 Å². The maximum absolute atomic E-state index is 13.0.